The van der Waals surface area contributed by atoms with Crippen LogP contribution in [-0.4, -0.2) is 9.97 Å². The van der Waals surface area contributed by atoms with E-state index in [0.717, 1.165) is 49.7 Å². The van der Waals surface area contributed by atoms with Crippen molar-refractivity contribution in [2.24, 2.45) is 0 Å². The minimum atomic E-state index is 0.570. The predicted molar refractivity (Wildman–Crippen MR) is 103 cm³/mol. The second kappa shape index (κ2) is 5.40. The van der Waals surface area contributed by atoms with Gasteiger partial charge in [0.05, 0.1) is 17.8 Å². The lowest BCUT2D eigenvalue weighted by molar-refractivity contribution is 0.670. The van der Waals surface area contributed by atoms with Gasteiger partial charge in [-0.15, -0.1) is 0 Å². The predicted octanol–water partition coefficient (Wildman–Crippen LogP) is 6.06. The molecule has 4 nitrogen and oxygen atoms in total. The summed E-state index contributed by atoms with van der Waals surface area (Å²) in [7, 11) is 0. The normalized spacial score (nSPS) is 11.2. The summed E-state index contributed by atoms with van der Waals surface area (Å²) in [6.45, 7) is 9.28. The molecule has 5 rings (SSSR count). The van der Waals surface area contributed by atoms with E-state index in [2.05, 4.69) is 39.9 Å². The average Bonchev–Trinajstić information content (AvgIpc) is 3.05. The van der Waals surface area contributed by atoms with Crippen LogP contribution in [0.2, 0.25) is 0 Å². The number of hydrogen-bond donors (Lipinski definition) is 0. The quantitative estimate of drug-likeness (QED) is 0.350. The molecule has 0 atom stereocenters. The highest BCUT2D eigenvalue weighted by atomic mass is 16.3. The van der Waals surface area contributed by atoms with Crippen LogP contribution < -0.4 is 0 Å². The Morgan fingerprint density at radius 3 is 2.69 bits per heavy atom. The van der Waals surface area contributed by atoms with Gasteiger partial charge in [-0.3, -0.25) is 0 Å². The van der Waals surface area contributed by atoms with Crippen LogP contribution in [-0.2, 0) is 0 Å². The molecule has 0 aliphatic heterocycles. The van der Waals surface area contributed by atoms with Crippen LogP contribution in [0, 0.1) is 13.5 Å². The number of fused-ring (bicyclic) bond motifs is 4. The van der Waals surface area contributed by atoms with Crippen molar-refractivity contribution in [2.45, 2.75) is 6.92 Å². The Morgan fingerprint density at radius 2 is 1.81 bits per heavy atom. The summed E-state index contributed by atoms with van der Waals surface area (Å²) in [6.07, 6.45) is 1.54. The number of aromatic nitrogens is 2. The highest BCUT2D eigenvalue weighted by molar-refractivity contribution is 6.11. The molecule has 122 valence electrons. The number of rotatable bonds is 1. The van der Waals surface area contributed by atoms with E-state index in [4.69, 9.17) is 11.0 Å². The van der Waals surface area contributed by atoms with E-state index < -0.39 is 0 Å². The van der Waals surface area contributed by atoms with Crippen LogP contribution in [0.4, 0.5) is 5.69 Å². The van der Waals surface area contributed by atoms with E-state index in [1.807, 2.05) is 24.3 Å². The zero-order valence-electron chi connectivity index (χ0n) is 14.0. The number of hydrogen-bond acceptors (Lipinski definition) is 3. The van der Waals surface area contributed by atoms with E-state index in [1.165, 1.54) is 0 Å². The topological polar surface area (TPSA) is 43.3 Å². The lowest BCUT2D eigenvalue weighted by Gasteiger charge is -2.07. The third kappa shape index (κ3) is 2.08. The van der Waals surface area contributed by atoms with Gasteiger partial charge in [-0.05, 0) is 36.8 Å². The molecule has 4 heteroatoms. The Balaban J connectivity index is 1.90. The van der Waals surface area contributed by atoms with E-state index in [9.17, 15) is 0 Å². The van der Waals surface area contributed by atoms with Crippen molar-refractivity contribution in [3.05, 3.63) is 77.9 Å². The monoisotopic (exact) mass is 335 g/mol. The molecule has 0 radical (unpaired) electrons. The van der Waals surface area contributed by atoms with Crippen molar-refractivity contribution in [3.8, 4) is 11.3 Å². The summed E-state index contributed by atoms with van der Waals surface area (Å²) < 4.78 is 6.18. The van der Waals surface area contributed by atoms with Gasteiger partial charge in [0.15, 0.2) is 5.69 Å². The molecule has 0 unspecified atom stereocenters. The number of benzene rings is 3. The van der Waals surface area contributed by atoms with Gasteiger partial charge in [0.2, 0.25) is 0 Å². The molecule has 26 heavy (non-hydrogen) atoms. The first-order valence-corrected chi connectivity index (χ1v) is 8.29. The summed E-state index contributed by atoms with van der Waals surface area (Å²) in [4.78, 5) is 12.4. The van der Waals surface area contributed by atoms with Crippen molar-refractivity contribution in [3.63, 3.8) is 0 Å². The number of aryl methyl sites for hydroxylation is 1. The lowest BCUT2D eigenvalue weighted by Crippen LogP contribution is -1.90. The maximum absolute atomic E-state index is 7.20. The Labute approximate surface area is 149 Å². The first-order valence-electron chi connectivity index (χ1n) is 8.29. The van der Waals surface area contributed by atoms with Crippen LogP contribution in [0.3, 0.4) is 0 Å². The standard InChI is InChI=1S/C22H13N3O/c1-13-9-17-15-5-3-4-6-20(15)26-22(17)18(10-13)21-16-8-7-14(23-2)11-19(16)24-12-25-21/h3-12H,1H3. The van der Waals surface area contributed by atoms with Crippen LogP contribution in [0.15, 0.2) is 65.3 Å². The van der Waals surface area contributed by atoms with Crippen LogP contribution in [0.5, 0.6) is 0 Å². The van der Waals surface area contributed by atoms with Gasteiger partial charge < -0.3 is 4.42 Å². The average molecular weight is 335 g/mol. The molecule has 0 amide bonds. The number of furan rings is 1. The van der Waals surface area contributed by atoms with Gasteiger partial charge >= 0.3 is 0 Å². The van der Waals surface area contributed by atoms with Crippen LogP contribution >= 0.6 is 0 Å². The summed E-state index contributed by atoms with van der Waals surface area (Å²) >= 11 is 0. The molecule has 0 aliphatic rings. The van der Waals surface area contributed by atoms with E-state index in [-0.39, 0.29) is 0 Å². The van der Waals surface area contributed by atoms with Crippen molar-refractivity contribution < 1.29 is 4.42 Å². The van der Waals surface area contributed by atoms with Crippen molar-refractivity contribution in [2.75, 3.05) is 0 Å². The first kappa shape index (κ1) is 14.6. The molecule has 2 aromatic heterocycles. The second-order valence-corrected chi connectivity index (χ2v) is 6.32. The molecule has 0 saturated carbocycles. The SMILES string of the molecule is [C-]#[N+]c1ccc2c(-c3cc(C)cc4c3oc3ccccc34)ncnc2c1. The smallest absolute Gasteiger partial charge is 0.189 e. The summed E-state index contributed by atoms with van der Waals surface area (Å²) in [6, 6.07) is 17.8. The first-order chi connectivity index (χ1) is 12.7. The Morgan fingerprint density at radius 1 is 0.923 bits per heavy atom. The highest BCUT2D eigenvalue weighted by Gasteiger charge is 2.16. The summed E-state index contributed by atoms with van der Waals surface area (Å²) in [5.74, 6) is 0. The van der Waals surface area contributed by atoms with Gasteiger partial charge in [0, 0.05) is 21.7 Å². The van der Waals surface area contributed by atoms with Gasteiger partial charge in [0.1, 0.15) is 17.5 Å². The molecule has 3 aromatic carbocycles. The molecule has 0 N–H and O–H groups in total. The van der Waals surface area contributed by atoms with Gasteiger partial charge in [-0.1, -0.05) is 30.3 Å². The molecule has 0 spiro atoms. The Hall–Kier alpha value is -3.71. The van der Waals surface area contributed by atoms with Gasteiger partial charge in [0.25, 0.3) is 0 Å². The molecule has 0 aliphatic carbocycles. The second-order valence-electron chi connectivity index (χ2n) is 6.32. The maximum atomic E-state index is 7.20. The minimum absolute atomic E-state index is 0.570. The number of para-hydroxylation sites is 1. The molecule has 0 fully saturated rings. The molecule has 5 aromatic rings. The summed E-state index contributed by atoms with van der Waals surface area (Å²) in [5.41, 5.74) is 5.92. The summed E-state index contributed by atoms with van der Waals surface area (Å²) in [5, 5.41) is 3.09. The highest BCUT2D eigenvalue weighted by Crippen LogP contribution is 2.38. The third-order valence-corrected chi connectivity index (χ3v) is 4.63. The Bertz CT molecular complexity index is 1360. The van der Waals surface area contributed by atoms with Crippen molar-refractivity contribution in [1.29, 1.82) is 0 Å². The lowest BCUT2D eigenvalue weighted by atomic mass is 10.0. The maximum Gasteiger partial charge on any atom is 0.189 e. The third-order valence-electron chi connectivity index (χ3n) is 4.63. The fraction of sp³-hybridized carbons (Fsp3) is 0.0455. The Kier molecular flexibility index (Phi) is 3.04. The zero-order valence-corrected chi connectivity index (χ0v) is 14.0. The van der Waals surface area contributed by atoms with E-state index >= 15 is 0 Å². The molecule has 0 saturated heterocycles. The van der Waals surface area contributed by atoms with E-state index in [1.54, 1.807) is 18.5 Å². The van der Waals surface area contributed by atoms with Crippen LogP contribution in [0.1, 0.15) is 5.56 Å². The number of nitrogens with zero attached hydrogens (tertiary/aromatic N) is 3. The fourth-order valence-electron chi connectivity index (χ4n) is 3.48. The largest absolute Gasteiger partial charge is 0.455 e. The molecule has 0 bridgehead atoms. The molecular weight excluding hydrogens is 322 g/mol. The zero-order chi connectivity index (χ0) is 17.7. The van der Waals surface area contributed by atoms with Gasteiger partial charge in [-0.2, -0.15) is 0 Å². The van der Waals surface area contributed by atoms with Crippen molar-refractivity contribution in [1.82, 2.24) is 9.97 Å². The van der Waals surface area contributed by atoms with Crippen LogP contribution in [0.25, 0.3) is 48.9 Å². The molecular formula is C22H13N3O. The fourth-order valence-corrected chi connectivity index (χ4v) is 3.48. The minimum Gasteiger partial charge on any atom is -0.455 e. The van der Waals surface area contributed by atoms with Crippen molar-refractivity contribution >= 4 is 38.5 Å². The molecule has 2 heterocycles. The van der Waals surface area contributed by atoms with Gasteiger partial charge in [-0.25, -0.2) is 14.8 Å². The van der Waals surface area contributed by atoms with E-state index in [0.29, 0.717) is 5.69 Å².